The molecule has 150 valence electrons. The maximum Gasteiger partial charge on any atom is 0.251 e. The lowest BCUT2D eigenvalue weighted by atomic mass is 9.98. The van der Waals surface area contributed by atoms with Gasteiger partial charge in [0, 0.05) is 24.4 Å². The topological polar surface area (TPSA) is 68.2 Å². The minimum atomic E-state index is -1.33. The van der Waals surface area contributed by atoms with Crippen molar-refractivity contribution in [1.82, 2.24) is 9.88 Å². The van der Waals surface area contributed by atoms with Gasteiger partial charge in [-0.3, -0.25) is 19.0 Å². The minimum absolute atomic E-state index is 0.176. The van der Waals surface area contributed by atoms with E-state index in [4.69, 9.17) is 0 Å². The highest BCUT2D eigenvalue weighted by Crippen LogP contribution is 2.16. The third-order valence-corrected chi connectivity index (χ3v) is 4.86. The van der Waals surface area contributed by atoms with Crippen LogP contribution in [0.3, 0.4) is 0 Å². The highest BCUT2D eigenvalue weighted by atomic mass is 19.1. The molecule has 1 aromatic heterocycles. The van der Waals surface area contributed by atoms with Crippen LogP contribution in [0.2, 0.25) is 0 Å². The zero-order valence-corrected chi connectivity index (χ0v) is 16.4. The summed E-state index contributed by atoms with van der Waals surface area (Å²) in [5.41, 5.74) is -0.272. The van der Waals surface area contributed by atoms with Gasteiger partial charge in [0.1, 0.15) is 5.82 Å². The summed E-state index contributed by atoms with van der Waals surface area (Å²) in [6, 6.07) is 8.08. The fraction of sp³-hybridized carbons (Fsp3) is 0.409. The molecule has 6 heteroatoms. The number of Topliss-reactive ketones (excluding diaryl/α,β-unsaturated/α-hetero) is 1. The molecule has 0 spiro atoms. The van der Waals surface area contributed by atoms with E-state index in [9.17, 15) is 18.8 Å². The van der Waals surface area contributed by atoms with Gasteiger partial charge in [0.25, 0.3) is 11.5 Å². The SMILES string of the molecule is CCCC[C@@H](CC)CNC(=O)[C@H](C(=O)c1ccc(F)cc1)n1ccccc1=O. The van der Waals surface area contributed by atoms with E-state index in [-0.39, 0.29) is 5.56 Å². The number of hydrogen-bond acceptors (Lipinski definition) is 3. The highest BCUT2D eigenvalue weighted by Gasteiger charge is 2.30. The molecule has 0 aliphatic carbocycles. The number of pyridine rings is 1. The predicted molar refractivity (Wildman–Crippen MR) is 107 cm³/mol. The van der Waals surface area contributed by atoms with Gasteiger partial charge < -0.3 is 5.32 Å². The molecule has 0 aliphatic rings. The van der Waals surface area contributed by atoms with Gasteiger partial charge in [-0.05, 0) is 42.7 Å². The number of amides is 1. The summed E-state index contributed by atoms with van der Waals surface area (Å²) in [6.07, 6.45) is 5.49. The average Bonchev–Trinajstić information content (AvgIpc) is 2.70. The van der Waals surface area contributed by atoms with E-state index < -0.39 is 29.1 Å². The Morgan fingerprint density at radius 2 is 1.82 bits per heavy atom. The number of ketones is 1. The molecule has 1 amide bonds. The van der Waals surface area contributed by atoms with Gasteiger partial charge in [-0.25, -0.2) is 4.39 Å². The van der Waals surface area contributed by atoms with Gasteiger partial charge in [-0.1, -0.05) is 39.2 Å². The zero-order valence-electron chi connectivity index (χ0n) is 16.4. The Kier molecular flexibility index (Phi) is 8.11. The second-order valence-electron chi connectivity index (χ2n) is 6.88. The Balaban J connectivity index is 2.27. The quantitative estimate of drug-likeness (QED) is 0.500. The molecule has 0 saturated heterocycles. The van der Waals surface area contributed by atoms with E-state index in [1.165, 1.54) is 24.4 Å². The molecule has 0 unspecified atom stereocenters. The minimum Gasteiger partial charge on any atom is -0.354 e. The maximum atomic E-state index is 13.2. The lowest BCUT2D eigenvalue weighted by Crippen LogP contribution is -2.42. The Labute approximate surface area is 164 Å². The van der Waals surface area contributed by atoms with Crippen LogP contribution in [0, 0.1) is 11.7 Å². The lowest BCUT2D eigenvalue weighted by molar-refractivity contribution is -0.123. The lowest BCUT2D eigenvalue weighted by Gasteiger charge is -2.21. The third kappa shape index (κ3) is 5.62. The number of benzene rings is 1. The molecule has 2 aromatic rings. The first-order valence-corrected chi connectivity index (χ1v) is 9.72. The smallest absolute Gasteiger partial charge is 0.251 e. The highest BCUT2D eigenvalue weighted by molar-refractivity contribution is 6.11. The van der Waals surface area contributed by atoms with Crippen molar-refractivity contribution in [2.75, 3.05) is 6.54 Å². The van der Waals surface area contributed by atoms with Gasteiger partial charge in [-0.2, -0.15) is 0 Å². The van der Waals surface area contributed by atoms with E-state index in [2.05, 4.69) is 19.2 Å². The molecule has 0 radical (unpaired) electrons. The van der Waals surface area contributed by atoms with Crippen LogP contribution in [0.15, 0.2) is 53.5 Å². The largest absolute Gasteiger partial charge is 0.354 e. The number of carbonyl (C=O) groups is 2. The number of nitrogens with one attached hydrogen (secondary N) is 1. The summed E-state index contributed by atoms with van der Waals surface area (Å²) < 4.78 is 14.3. The van der Waals surface area contributed by atoms with E-state index in [1.54, 1.807) is 12.1 Å². The molecule has 2 atom stereocenters. The van der Waals surface area contributed by atoms with E-state index in [0.717, 1.165) is 42.4 Å². The van der Waals surface area contributed by atoms with Crippen LogP contribution in [0.5, 0.6) is 0 Å². The molecule has 1 heterocycles. The van der Waals surface area contributed by atoms with Crippen molar-refractivity contribution >= 4 is 11.7 Å². The van der Waals surface area contributed by atoms with Gasteiger partial charge in [0.15, 0.2) is 11.8 Å². The van der Waals surface area contributed by atoms with Crippen molar-refractivity contribution in [3.8, 4) is 0 Å². The molecule has 1 aromatic carbocycles. The van der Waals surface area contributed by atoms with Crippen LogP contribution < -0.4 is 10.9 Å². The van der Waals surface area contributed by atoms with Crippen molar-refractivity contribution in [1.29, 1.82) is 0 Å². The normalized spacial score (nSPS) is 13.0. The first-order chi connectivity index (χ1) is 13.5. The molecule has 2 rings (SSSR count). The molecule has 0 aliphatic heterocycles. The number of rotatable bonds is 10. The van der Waals surface area contributed by atoms with Crippen molar-refractivity contribution < 1.29 is 14.0 Å². The van der Waals surface area contributed by atoms with Gasteiger partial charge in [0.05, 0.1) is 0 Å². The number of hydrogen-bond donors (Lipinski definition) is 1. The summed E-state index contributed by atoms with van der Waals surface area (Å²) >= 11 is 0. The monoisotopic (exact) mass is 386 g/mol. The second kappa shape index (κ2) is 10.5. The van der Waals surface area contributed by atoms with E-state index in [0.29, 0.717) is 12.5 Å². The van der Waals surface area contributed by atoms with Crippen LogP contribution in [0.4, 0.5) is 4.39 Å². The predicted octanol–water partition coefficient (Wildman–Crippen LogP) is 3.74. The number of nitrogens with zero attached hydrogens (tertiary/aromatic N) is 1. The molecule has 1 N–H and O–H groups in total. The van der Waals surface area contributed by atoms with E-state index in [1.807, 2.05) is 0 Å². The fourth-order valence-corrected chi connectivity index (χ4v) is 3.08. The summed E-state index contributed by atoms with van der Waals surface area (Å²) in [7, 11) is 0. The molecular weight excluding hydrogens is 359 g/mol. The Hall–Kier alpha value is -2.76. The molecule has 0 saturated carbocycles. The number of carbonyl (C=O) groups excluding carboxylic acids is 2. The second-order valence-corrected chi connectivity index (χ2v) is 6.88. The first-order valence-electron chi connectivity index (χ1n) is 9.72. The number of aromatic nitrogens is 1. The van der Waals surface area contributed by atoms with Crippen LogP contribution in [0.1, 0.15) is 55.9 Å². The van der Waals surface area contributed by atoms with Crippen molar-refractivity contribution in [2.24, 2.45) is 5.92 Å². The molecule has 28 heavy (non-hydrogen) atoms. The van der Waals surface area contributed by atoms with Gasteiger partial charge >= 0.3 is 0 Å². The third-order valence-electron chi connectivity index (χ3n) is 4.86. The van der Waals surface area contributed by atoms with Crippen molar-refractivity contribution in [3.63, 3.8) is 0 Å². The Morgan fingerprint density at radius 1 is 1.11 bits per heavy atom. The van der Waals surface area contributed by atoms with Crippen LogP contribution >= 0.6 is 0 Å². The first kappa shape index (κ1) is 21.5. The zero-order chi connectivity index (χ0) is 20.5. The van der Waals surface area contributed by atoms with Crippen LogP contribution in [-0.4, -0.2) is 22.8 Å². The fourth-order valence-electron chi connectivity index (χ4n) is 3.08. The number of unbranched alkanes of at least 4 members (excludes halogenated alkanes) is 1. The van der Waals surface area contributed by atoms with Crippen LogP contribution in [0.25, 0.3) is 0 Å². The Morgan fingerprint density at radius 3 is 2.43 bits per heavy atom. The summed E-state index contributed by atoms with van der Waals surface area (Å²) in [6.45, 7) is 4.63. The number of halogens is 1. The molecule has 5 nitrogen and oxygen atoms in total. The standard InChI is InChI=1S/C22H27FN2O3/c1-3-5-8-16(4-2)15-24-22(28)20(25-14-7-6-9-19(25)26)21(27)17-10-12-18(23)13-11-17/h6-7,9-14,16,20H,3-5,8,15H2,1-2H3,(H,24,28)/t16-,20+/m1/s1. The molecular formula is C22H27FN2O3. The van der Waals surface area contributed by atoms with Gasteiger partial charge in [0.2, 0.25) is 0 Å². The van der Waals surface area contributed by atoms with E-state index >= 15 is 0 Å². The maximum absolute atomic E-state index is 13.2. The average molecular weight is 386 g/mol. The molecule has 0 bridgehead atoms. The Bertz CT molecular complexity index is 845. The summed E-state index contributed by atoms with van der Waals surface area (Å²) in [5, 5.41) is 2.84. The summed E-state index contributed by atoms with van der Waals surface area (Å²) in [4.78, 5) is 38.2. The van der Waals surface area contributed by atoms with Crippen molar-refractivity contribution in [2.45, 2.75) is 45.6 Å². The van der Waals surface area contributed by atoms with Crippen LogP contribution in [-0.2, 0) is 4.79 Å². The van der Waals surface area contributed by atoms with Gasteiger partial charge in [-0.15, -0.1) is 0 Å². The van der Waals surface area contributed by atoms with Crippen molar-refractivity contribution in [3.05, 3.63) is 70.4 Å². The summed E-state index contributed by atoms with van der Waals surface area (Å²) in [5.74, 6) is -1.24. The molecule has 0 fully saturated rings.